The quantitative estimate of drug-likeness (QED) is 0.805. The molecular formula is C16H32N2O. The highest BCUT2D eigenvalue weighted by atomic mass is 16.3. The van der Waals surface area contributed by atoms with Crippen LogP contribution in [0.1, 0.15) is 58.3 Å². The van der Waals surface area contributed by atoms with E-state index in [1.165, 1.54) is 58.0 Å². The Morgan fingerprint density at radius 3 is 2.79 bits per heavy atom. The first-order valence-electron chi connectivity index (χ1n) is 8.35. The van der Waals surface area contributed by atoms with Crippen LogP contribution >= 0.6 is 0 Å². The summed E-state index contributed by atoms with van der Waals surface area (Å²) >= 11 is 0. The SMILES string of the molecule is CCC1CCC(N)C(CN2CCCCC2CCO)C1. The minimum absolute atomic E-state index is 0.329. The third kappa shape index (κ3) is 4.17. The first-order chi connectivity index (χ1) is 9.24. The van der Waals surface area contributed by atoms with Crippen molar-refractivity contribution in [2.75, 3.05) is 19.7 Å². The van der Waals surface area contributed by atoms with Gasteiger partial charge in [-0.25, -0.2) is 0 Å². The lowest BCUT2D eigenvalue weighted by Gasteiger charge is -2.41. The average Bonchev–Trinajstić information content (AvgIpc) is 2.43. The highest BCUT2D eigenvalue weighted by Gasteiger charge is 2.31. The summed E-state index contributed by atoms with van der Waals surface area (Å²) in [5.41, 5.74) is 6.36. The normalized spacial score (nSPS) is 37.4. The first kappa shape index (κ1) is 15.3. The van der Waals surface area contributed by atoms with Crippen molar-refractivity contribution in [3.8, 4) is 0 Å². The predicted molar refractivity (Wildman–Crippen MR) is 80.0 cm³/mol. The van der Waals surface area contributed by atoms with Crippen LogP contribution in [0.3, 0.4) is 0 Å². The average molecular weight is 268 g/mol. The standard InChI is InChI=1S/C16H32N2O/c1-2-13-6-7-16(17)14(11-13)12-18-9-4-3-5-15(18)8-10-19/h13-16,19H,2-12,17H2,1H3. The van der Waals surface area contributed by atoms with Gasteiger partial charge in [0.1, 0.15) is 0 Å². The fraction of sp³-hybridized carbons (Fsp3) is 1.00. The molecule has 3 N–H and O–H groups in total. The predicted octanol–water partition coefficient (Wildman–Crippen LogP) is 2.38. The molecule has 1 saturated heterocycles. The molecule has 0 aromatic rings. The molecule has 4 unspecified atom stereocenters. The van der Waals surface area contributed by atoms with Gasteiger partial charge in [-0.15, -0.1) is 0 Å². The molecule has 2 fully saturated rings. The van der Waals surface area contributed by atoms with Crippen molar-refractivity contribution in [3.05, 3.63) is 0 Å². The smallest absolute Gasteiger partial charge is 0.0445 e. The van der Waals surface area contributed by atoms with Gasteiger partial charge in [0.05, 0.1) is 0 Å². The summed E-state index contributed by atoms with van der Waals surface area (Å²) in [5, 5.41) is 9.22. The fourth-order valence-electron chi connectivity index (χ4n) is 4.04. The molecule has 1 aliphatic carbocycles. The Kier molecular flexibility index (Phi) is 6.11. The minimum atomic E-state index is 0.329. The van der Waals surface area contributed by atoms with Gasteiger partial charge in [-0.3, -0.25) is 4.90 Å². The van der Waals surface area contributed by atoms with Gasteiger partial charge in [0, 0.05) is 25.2 Å². The number of aliphatic hydroxyl groups excluding tert-OH is 1. The van der Waals surface area contributed by atoms with E-state index >= 15 is 0 Å². The van der Waals surface area contributed by atoms with E-state index in [2.05, 4.69) is 11.8 Å². The van der Waals surface area contributed by atoms with Crippen LogP contribution in [-0.2, 0) is 0 Å². The second kappa shape index (κ2) is 7.61. The Balaban J connectivity index is 1.89. The number of rotatable bonds is 5. The van der Waals surface area contributed by atoms with Crippen molar-refractivity contribution in [1.82, 2.24) is 4.90 Å². The molecule has 1 heterocycles. The Bertz CT molecular complexity index is 257. The lowest BCUT2D eigenvalue weighted by molar-refractivity contribution is 0.0785. The Labute approximate surface area is 118 Å². The topological polar surface area (TPSA) is 49.5 Å². The Morgan fingerprint density at radius 2 is 2.05 bits per heavy atom. The molecule has 2 rings (SSSR count). The van der Waals surface area contributed by atoms with E-state index in [0.717, 1.165) is 12.3 Å². The van der Waals surface area contributed by atoms with Crippen molar-refractivity contribution in [2.24, 2.45) is 17.6 Å². The molecule has 2 aliphatic rings. The molecule has 0 spiro atoms. The largest absolute Gasteiger partial charge is 0.396 e. The lowest BCUT2D eigenvalue weighted by Crippen LogP contribution is -2.48. The molecule has 19 heavy (non-hydrogen) atoms. The summed E-state index contributed by atoms with van der Waals surface area (Å²) in [7, 11) is 0. The van der Waals surface area contributed by atoms with Crippen LogP contribution in [0.2, 0.25) is 0 Å². The number of piperidine rings is 1. The molecule has 0 amide bonds. The van der Waals surface area contributed by atoms with Crippen LogP contribution in [0.15, 0.2) is 0 Å². The van der Waals surface area contributed by atoms with Crippen molar-refractivity contribution < 1.29 is 5.11 Å². The summed E-state index contributed by atoms with van der Waals surface area (Å²) in [4.78, 5) is 2.63. The summed E-state index contributed by atoms with van der Waals surface area (Å²) in [6.45, 7) is 5.02. The van der Waals surface area contributed by atoms with E-state index in [0.29, 0.717) is 24.6 Å². The highest BCUT2D eigenvalue weighted by Crippen LogP contribution is 2.32. The van der Waals surface area contributed by atoms with Crippen LogP contribution in [0.4, 0.5) is 0 Å². The van der Waals surface area contributed by atoms with E-state index in [-0.39, 0.29) is 0 Å². The van der Waals surface area contributed by atoms with Gasteiger partial charge in [-0.05, 0) is 56.9 Å². The monoisotopic (exact) mass is 268 g/mol. The van der Waals surface area contributed by atoms with E-state index in [1.807, 2.05) is 0 Å². The summed E-state index contributed by atoms with van der Waals surface area (Å²) in [5.74, 6) is 1.57. The molecule has 4 atom stereocenters. The molecule has 0 bridgehead atoms. The number of likely N-dealkylation sites (tertiary alicyclic amines) is 1. The van der Waals surface area contributed by atoms with Gasteiger partial charge in [0.15, 0.2) is 0 Å². The molecule has 112 valence electrons. The highest BCUT2D eigenvalue weighted by molar-refractivity contribution is 4.87. The molecular weight excluding hydrogens is 236 g/mol. The summed E-state index contributed by atoms with van der Waals surface area (Å²) in [6.07, 6.45) is 10.0. The van der Waals surface area contributed by atoms with Crippen LogP contribution in [0, 0.1) is 11.8 Å². The molecule has 0 aromatic heterocycles. The zero-order valence-corrected chi connectivity index (χ0v) is 12.6. The maximum absolute atomic E-state index is 9.22. The first-order valence-corrected chi connectivity index (χ1v) is 8.35. The second-order valence-electron chi connectivity index (χ2n) is 6.67. The van der Waals surface area contributed by atoms with E-state index < -0.39 is 0 Å². The lowest BCUT2D eigenvalue weighted by atomic mass is 9.76. The maximum atomic E-state index is 9.22. The van der Waals surface area contributed by atoms with Crippen molar-refractivity contribution in [1.29, 1.82) is 0 Å². The molecule has 3 nitrogen and oxygen atoms in total. The number of hydrogen-bond acceptors (Lipinski definition) is 3. The third-order valence-corrected chi connectivity index (χ3v) is 5.41. The van der Waals surface area contributed by atoms with E-state index in [4.69, 9.17) is 5.73 Å². The van der Waals surface area contributed by atoms with Gasteiger partial charge in [0.25, 0.3) is 0 Å². The van der Waals surface area contributed by atoms with Crippen LogP contribution in [0.25, 0.3) is 0 Å². The Morgan fingerprint density at radius 1 is 1.21 bits per heavy atom. The number of nitrogens with two attached hydrogens (primary N) is 1. The molecule has 0 radical (unpaired) electrons. The van der Waals surface area contributed by atoms with Gasteiger partial charge < -0.3 is 10.8 Å². The van der Waals surface area contributed by atoms with Crippen LogP contribution in [0.5, 0.6) is 0 Å². The minimum Gasteiger partial charge on any atom is -0.396 e. The van der Waals surface area contributed by atoms with E-state index in [9.17, 15) is 5.11 Å². The van der Waals surface area contributed by atoms with Gasteiger partial charge in [-0.1, -0.05) is 19.8 Å². The second-order valence-corrected chi connectivity index (χ2v) is 6.67. The number of hydrogen-bond donors (Lipinski definition) is 2. The Hall–Kier alpha value is -0.120. The summed E-state index contributed by atoms with van der Waals surface area (Å²) < 4.78 is 0. The fourth-order valence-corrected chi connectivity index (χ4v) is 4.04. The molecule has 1 saturated carbocycles. The summed E-state index contributed by atoms with van der Waals surface area (Å²) in [6, 6.07) is 1.01. The van der Waals surface area contributed by atoms with Gasteiger partial charge in [-0.2, -0.15) is 0 Å². The van der Waals surface area contributed by atoms with Gasteiger partial charge in [0.2, 0.25) is 0 Å². The molecule has 3 heteroatoms. The van der Waals surface area contributed by atoms with Crippen LogP contribution in [-0.4, -0.2) is 41.8 Å². The van der Waals surface area contributed by atoms with Crippen molar-refractivity contribution in [3.63, 3.8) is 0 Å². The van der Waals surface area contributed by atoms with Crippen molar-refractivity contribution in [2.45, 2.75) is 70.4 Å². The molecule has 1 aliphatic heterocycles. The van der Waals surface area contributed by atoms with Crippen molar-refractivity contribution >= 4 is 0 Å². The van der Waals surface area contributed by atoms with Crippen LogP contribution < -0.4 is 5.73 Å². The number of nitrogens with zero attached hydrogens (tertiary/aromatic N) is 1. The maximum Gasteiger partial charge on any atom is 0.0445 e. The number of aliphatic hydroxyl groups is 1. The zero-order valence-electron chi connectivity index (χ0n) is 12.6. The third-order valence-electron chi connectivity index (χ3n) is 5.41. The zero-order chi connectivity index (χ0) is 13.7. The molecule has 0 aromatic carbocycles. The van der Waals surface area contributed by atoms with E-state index in [1.54, 1.807) is 0 Å². The van der Waals surface area contributed by atoms with Gasteiger partial charge >= 0.3 is 0 Å².